The molecule has 3 aliphatic rings. The van der Waals surface area contributed by atoms with Gasteiger partial charge in [-0.15, -0.1) is 0 Å². The highest BCUT2D eigenvalue weighted by Crippen LogP contribution is 2.54. The highest BCUT2D eigenvalue weighted by Gasteiger charge is 2.70. The number of rotatable bonds is 4. The SMILES string of the molecule is O=C1C2C(Cc3ccc(O)cc3)NC3(C(=O)Nc4ccc(F)cc43)C2C(=O)N1c1cccc([N+](=O)[O-])c1. The second-order valence-corrected chi connectivity index (χ2v) is 9.37. The third kappa shape index (κ3) is 3.24. The van der Waals surface area contributed by atoms with Crippen molar-refractivity contribution in [1.82, 2.24) is 5.32 Å². The lowest BCUT2D eigenvalue weighted by atomic mass is 9.76. The fraction of sp³-hybridized carbons (Fsp3) is 0.192. The maximum absolute atomic E-state index is 14.4. The van der Waals surface area contributed by atoms with Gasteiger partial charge in [0, 0.05) is 29.4 Å². The van der Waals surface area contributed by atoms with Gasteiger partial charge in [-0.25, -0.2) is 9.29 Å². The minimum absolute atomic E-state index is 0.0232. The molecule has 37 heavy (non-hydrogen) atoms. The number of hydrogen-bond donors (Lipinski definition) is 3. The number of phenolic OH excluding ortho intramolecular Hbond substituents is 1. The number of amides is 3. The Morgan fingerprint density at radius 1 is 1.03 bits per heavy atom. The quantitative estimate of drug-likeness (QED) is 0.283. The smallest absolute Gasteiger partial charge is 0.271 e. The Morgan fingerprint density at radius 2 is 1.78 bits per heavy atom. The third-order valence-electron chi connectivity index (χ3n) is 7.37. The van der Waals surface area contributed by atoms with E-state index >= 15 is 0 Å². The Morgan fingerprint density at radius 3 is 2.51 bits per heavy atom. The van der Waals surface area contributed by atoms with Gasteiger partial charge in [-0.05, 0) is 48.4 Å². The first kappa shape index (κ1) is 22.8. The molecule has 6 rings (SSSR count). The fourth-order valence-electron chi connectivity index (χ4n) is 5.84. The van der Waals surface area contributed by atoms with Crippen molar-refractivity contribution in [1.29, 1.82) is 0 Å². The summed E-state index contributed by atoms with van der Waals surface area (Å²) in [6.45, 7) is 0. The van der Waals surface area contributed by atoms with Crippen LogP contribution in [0.3, 0.4) is 0 Å². The van der Waals surface area contributed by atoms with Gasteiger partial charge in [-0.1, -0.05) is 18.2 Å². The van der Waals surface area contributed by atoms with Gasteiger partial charge < -0.3 is 10.4 Å². The van der Waals surface area contributed by atoms with E-state index in [0.29, 0.717) is 5.69 Å². The molecule has 4 atom stereocenters. The number of nitrogens with one attached hydrogen (secondary N) is 2. The summed E-state index contributed by atoms with van der Waals surface area (Å²) in [4.78, 5) is 52.8. The van der Waals surface area contributed by atoms with Gasteiger partial charge in [-0.2, -0.15) is 0 Å². The first-order chi connectivity index (χ1) is 17.7. The average Bonchev–Trinajstić information content (AvgIpc) is 3.45. The predicted molar refractivity (Wildman–Crippen MR) is 128 cm³/mol. The van der Waals surface area contributed by atoms with Crippen LogP contribution in [0, 0.1) is 27.8 Å². The molecule has 10 nitrogen and oxygen atoms in total. The minimum Gasteiger partial charge on any atom is -0.508 e. The number of phenols is 1. The van der Waals surface area contributed by atoms with Crippen LogP contribution in [0.2, 0.25) is 0 Å². The molecule has 3 aliphatic heterocycles. The Labute approximate surface area is 208 Å². The van der Waals surface area contributed by atoms with Gasteiger partial charge >= 0.3 is 0 Å². The number of aromatic hydroxyl groups is 1. The Bertz CT molecular complexity index is 1510. The molecule has 0 saturated carbocycles. The van der Waals surface area contributed by atoms with E-state index in [4.69, 9.17) is 0 Å². The lowest BCUT2D eigenvalue weighted by Gasteiger charge is -2.29. The van der Waals surface area contributed by atoms with E-state index in [2.05, 4.69) is 10.6 Å². The van der Waals surface area contributed by atoms with Crippen LogP contribution in [0.5, 0.6) is 5.75 Å². The molecule has 0 aliphatic carbocycles. The van der Waals surface area contributed by atoms with E-state index in [0.717, 1.165) is 16.5 Å². The summed E-state index contributed by atoms with van der Waals surface area (Å²) in [5.41, 5.74) is -0.700. The molecule has 11 heteroatoms. The molecule has 0 bridgehead atoms. The number of nitrogens with zero attached hydrogens (tertiary/aromatic N) is 2. The summed E-state index contributed by atoms with van der Waals surface area (Å²) in [5.74, 6) is -4.68. The summed E-state index contributed by atoms with van der Waals surface area (Å²) in [7, 11) is 0. The maximum Gasteiger partial charge on any atom is 0.271 e. The molecule has 3 N–H and O–H groups in total. The van der Waals surface area contributed by atoms with Gasteiger partial charge in [0.15, 0.2) is 0 Å². The number of non-ortho nitro benzene ring substituents is 1. The number of nitro benzene ring substituents is 1. The van der Waals surface area contributed by atoms with Crippen LogP contribution >= 0.6 is 0 Å². The van der Waals surface area contributed by atoms with Crippen LogP contribution in [0.4, 0.5) is 21.5 Å². The molecule has 4 unspecified atom stereocenters. The molecule has 0 radical (unpaired) electrons. The predicted octanol–water partition coefficient (Wildman–Crippen LogP) is 2.61. The Kier molecular flexibility index (Phi) is 4.89. The first-order valence-electron chi connectivity index (χ1n) is 11.5. The maximum atomic E-state index is 14.4. The molecule has 3 heterocycles. The number of imide groups is 1. The van der Waals surface area contributed by atoms with Crippen LogP contribution in [0.1, 0.15) is 11.1 Å². The van der Waals surface area contributed by atoms with Crippen molar-refractivity contribution in [3.8, 4) is 5.75 Å². The van der Waals surface area contributed by atoms with Crippen LogP contribution in [0.15, 0.2) is 66.7 Å². The van der Waals surface area contributed by atoms with E-state index in [1.807, 2.05) is 0 Å². The largest absolute Gasteiger partial charge is 0.508 e. The van der Waals surface area contributed by atoms with Crippen LogP contribution in [0.25, 0.3) is 0 Å². The van der Waals surface area contributed by atoms with E-state index in [1.165, 1.54) is 48.5 Å². The van der Waals surface area contributed by atoms with Crippen molar-refractivity contribution in [2.24, 2.45) is 11.8 Å². The van der Waals surface area contributed by atoms with Gasteiger partial charge in [0.2, 0.25) is 17.7 Å². The van der Waals surface area contributed by atoms with Crippen molar-refractivity contribution < 1.29 is 28.8 Å². The minimum atomic E-state index is -1.72. The van der Waals surface area contributed by atoms with Gasteiger partial charge in [0.05, 0.1) is 22.4 Å². The van der Waals surface area contributed by atoms with E-state index < -0.39 is 51.9 Å². The van der Waals surface area contributed by atoms with Crippen LogP contribution in [-0.2, 0) is 26.3 Å². The lowest BCUT2D eigenvalue weighted by molar-refractivity contribution is -0.384. The molecule has 3 aromatic rings. The van der Waals surface area contributed by atoms with E-state index in [-0.39, 0.29) is 29.1 Å². The topological polar surface area (TPSA) is 142 Å². The Balaban J connectivity index is 1.49. The number of hydrogen-bond acceptors (Lipinski definition) is 7. The fourth-order valence-corrected chi connectivity index (χ4v) is 5.84. The lowest BCUT2D eigenvalue weighted by Crippen LogP contribution is -2.53. The summed E-state index contributed by atoms with van der Waals surface area (Å²) in [5, 5.41) is 26.9. The first-order valence-corrected chi connectivity index (χ1v) is 11.5. The van der Waals surface area contributed by atoms with Crippen molar-refractivity contribution in [2.45, 2.75) is 18.0 Å². The van der Waals surface area contributed by atoms with Crippen molar-refractivity contribution in [3.63, 3.8) is 0 Å². The zero-order chi connectivity index (χ0) is 26.1. The molecule has 0 aromatic heterocycles. The van der Waals surface area contributed by atoms with Crippen molar-refractivity contribution in [3.05, 3.63) is 93.8 Å². The van der Waals surface area contributed by atoms with Gasteiger partial charge in [0.1, 0.15) is 17.1 Å². The number of carbonyl (C=O) groups excluding carboxylic acids is 3. The number of benzene rings is 3. The number of carbonyl (C=O) groups is 3. The summed E-state index contributed by atoms with van der Waals surface area (Å²) >= 11 is 0. The number of fused-ring (bicyclic) bond motifs is 4. The molecule has 3 amide bonds. The summed E-state index contributed by atoms with van der Waals surface area (Å²) < 4.78 is 14.4. The number of halogens is 1. The standard InChI is InChI=1S/C26H19FN4O6/c27-14-6-9-19-18(11-14)26(25(35)28-19)22-21(20(29-26)10-13-4-7-17(32)8-5-13)23(33)30(24(22)34)15-2-1-3-16(12-15)31(36)37/h1-9,11-12,20-22,29,32H,10H2,(H,28,35). The molecule has 186 valence electrons. The zero-order valence-corrected chi connectivity index (χ0v) is 19.1. The highest BCUT2D eigenvalue weighted by molar-refractivity contribution is 6.25. The van der Waals surface area contributed by atoms with Crippen molar-refractivity contribution >= 4 is 34.8 Å². The molecule has 2 fully saturated rings. The van der Waals surface area contributed by atoms with E-state index in [1.54, 1.807) is 12.1 Å². The average molecular weight is 502 g/mol. The zero-order valence-electron chi connectivity index (χ0n) is 19.1. The van der Waals surface area contributed by atoms with Crippen LogP contribution in [-0.4, -0.2) is 33.8 Å². The molecule has 1 spiro atoms. The highest BCUT2D eigenvalue weighted by atomic mass is 19.1. The molecule has 3 aromatic carbocycles. The van der Waals surface area contributed by atoms with Crippen molar-refractivity contribution in [2.75, 3.05) is 10.2 Å². The Hall–Kier alpha value is -4.64. The van der Waals surface area contributed by atoms with Gasteiger partial charge in [-0.3, -0.25) is 29.8 Å². The number of anilines is 2. The van der Waals surface area contributed by atoms with Gasteiger partial charge in [0.25, 0.3) is 5.69 Å². The normalized spacial score (nSPS) is 25.9. The second kappa shape index (κ2) is 7.93. The molecular formula is C26H19FN4O6. The summed E-state index contributed by atoms with van der Waals surface area (Å²) in [6.07, 6.45) is 0.225. The second-order valence-electron chi connectivity index (χ2n) is 9.37. The molecular weight excluding hydrogens is 483 g/mol. The van der Waals surface area contributed by atoms with E-state index in [9.17, 15) is 34.0 Å². The monoisotopic (exact) mass is 502 g/mol. The van der Waals surface area contributed by atoms with Crippen LogP contribution < -0.4 is 15.5 Å². The molecule has 2 saturated heterocycles. The third-order valence-corrected chi connectivity index (χ3v) is 7.37. The number of nitro groups is 1. The summed E-state index contributed by atoms with van der Waals surface area (Å²) in [6, 6.07) is 14.5.